The topological polar surface area (TPSA) is 12.0 Å². The van der Waals surface area contributed by atoms with Crippen molar-refractivity contribution in [3.63, 3.8) is 0 Å². The average molecular weight is 291 g/mol. The Morgan fingerprint density at radius 1 is 1.14 bits per heavy atom. The van der Waals surface area contributed by atoms with E-state index in [2.05, 4.69) is 18.3 Å². The van der Waals surface area contributed by atoms with Crippen molar-refractivity contribution in [2.24, 2.45) is 0 Å². The van der Waals surface area contributed by atoms with Crippen LogP contribution in [-0.4, -0.2) is 0 Å². The maximum atomic E-state index is 13.1. The normalized spacial score (nSPS) is 17.4. The molecule has 0 radical (unpaired) electrons. The number of benzene rings is 2. The lowest BCUT2D eigenvalue weighted by molar-refractivity contribution is -0.138. The Morgan fingerprint density at radius 2 is 1.90 bits per heavy atom. The molecular weight excluding hydrogens is 275 g/mol. The van der Waals surface area contributed by atoms with Crippen molar-refractivity contribution in [2.75, 3.05) is 5.32 Å². The highest BCUT2D eigenvalue weighted by Gasteiger charge is 2.36. The lowest BCUT2D eigenvalue weighted by atomic mass is 9.97. The summed E-state index contributed by atoms with van der Waals surface area (Å²) in [5.41, 5.74) is 3.01. The van der Waals surface area contributed by atoms with Crippen LogP contribution >= 0.6 is 0 Å². The van der Waals surface area contributed by atoms with Crippen LogP contribution in [0.3, 0.4) is 0 Å². The summed E-state index contributed by atoms with van der Waals surface area (Å²) in [5, 5.41) is 3.21. The Labute approximate surface area is 121 Å². The van der Waals surface area contributed by atoms with Crippen molar-refractivity contribution in [1.82, 2.24) is 0 Å². The number of hydrogen-bond donors (Lipinski definition) is 1. The highest BCUT2D eigenvalue weighted by molar-refractivity contribution is 5.60. The summed E-state index contributed by atoms with van der Waals surface area (Å²) in [4.78, 5) is 0. The molecule has 3 rings (SSSR count). The summed E-state index contributed by atoms with van der Waals surface area (Å²) >= 11 is 0. The monoisotopic (exact) mass is 291 g/mol. The van der Waals surface area contributed by atoms with Crippen LogP contribution in [0.15, 0.2) is 42.5 Å². The molecule has 0 aliphatic carbocycles. The predicted molar refractivity (Wildman–Crippen MR) is 77.3 cm³/mol. The molecule has 0 amide bonds. The molecule has 1 heterocycles. The third kappa shape index (κ3) is 2.62. The number of rotatable bonds is 2. The molecule has 1 unspecified atom stereocenters. The van der Waals surface area contributed by atoms with Crippen LogP contribution in [0, 0.1) is 0 Å². The number of halogens is 3. The molecule has 1 N–H and O–H groups in total. The van der Waals surface area contributed by atoms with Gasteiger partial charge in [0.05, 0.1) is 11.6 Å². The second-order valence-corrected chi connectivity index (χ2v) is 5.33. The Hall–Kier alpha value is -1.97. The molecule has 0 spiro atoms. The number of nitrogens with one attached hydrogen (secondary N) is 1. The van der Waals surface area contributed by atoms with E-state index in [1.54, 1.807) is 12.1 Å². The van der Waals surface area contributed by atoms with Crippen molar-refractivity contribution < 1.29 is 13.2 Å². The van der Waals surface area contributed by atoms with Gasteiger partial charge in [-0.1, -0.05) is 37.3 Å². The Morgan fingerprint density at radius 3 is 2.62 bits per heavy atom. The number of alkyl halides is 3. The van der Waals surface area contributed by atoms with Crippen molar-refractivity contribution in [3.05, 3.63) is 64.7 Å². The SMILES string of the molecule is CCc1ccc2c(c1)CC(c1ccccc1C(F)(F)F)N2. The lowest BCUT2D eigenvalue weighted by Gasteiger charge is -2.18. The maximum Gasteiger partial charge on any atom is 0.416 e. The molecule has 1 aliphatic rings. The smallest absolute Gasteiger partial charge is 0.378 e. The van der Waals surface area contributed by atoms with E-state index < -0.39 is 11.7 Å². The van der Waals surface area contributed by atoms with Crippen LogP contribution in [0.25, 0.3) is 0 Å². The van der Waals surface area contributed by atoms with Crippen molar-refractivity contribution in [2.45, 2.75) is 32.0 Å². The van der Waals surface area contributed by atoms with E-state index >= 15 is 0 Å². The first kappa shape index (κ1) is 14.0. The van der Waals surface area contributed by atoms with Gasteiger partial charge in [0.1, 0.15) is 0 Å². The predicted octanol–water partition coefficient (Wildman–Crippen LogP) is 4.98. The molecule has 1 atom stereocenters. The van der Waals surface area contributed by atoms with E-state index in [1.165, 1.54) is 11.6 Å². The molecule has 0 fully saturated rings. The molecule has 0 saturated carbocycles. The van der Waals surface area contributed by atoms with Gasteiger partial charge in [-0.3, -0.25) is 0 Å². The molecule has 1 nitrogen and oxygen atoms in total. The van der Waals surface area contributed by atoms with E-state index in [1.807, 2.05) is 12.1 Å². The fourth-order valence-electron chi connectivity index (χ4n) is 2.88. The lowest BCUT2D eigenvalue weighted by Crippen LogP contribution is -2.15. The zero-order valence-corrected chi connectivity index (χ0v) is 11.7. The molecule has 4 heteroatoms. The molecule has 21 heavy (non-hydrogen) atoms. The van der Waals surface area contributed by atoms with Gasteiger partial charge in [-0.25, -0.2) is 0 Å². The van der Waals surface area contributed by atoms with E-state index in [4.69, 9.17) is 0 Å². The summed E-state index contributed by atoms with van der Waals surface area (Å²) in [7, 11) is 0. The first-order chi connectivity index (χ1) is 9.99. The average Bonchev–Trinajstić information content (AvgIpc) is 2.89. The zero-order valence-electron chi connectivity index (χ0n) is 11.7. The second-order valence-electron chi connectivity index (χ2n) is 5.33. The number of hydrogen-bond acceptors (Lipinski definition) is 1. The van der Waals surface area contributed by atoms with Crippen LogP contribution in [0.4, 0.5) is 18.9 Å². The quantitative estimate of drug-likeness (QED) is 0.823. The largest absolute Gasteiger partial charge is 0.416 e. The van der Waals surface area contributed by atoms with Gasteiger partial charge in [-0.15, -0.1) is 0 Å². The van der Waals surface area contributed by atoms with Crippen LogP contribution in [-0.2, 0) is 19.0 Å². The third-order valence-corrected chi connectivity index (χ3v) is 3.97. The van der Waals surface area contributed by atoms with E-state index in [9.17, 15) is 13.2 Å². The molecule has 2 aromatic carbocycles. The van der Waals surface area contributed by atoms with Gasteiger partial charge < -0.3 is 5.32 Å². The van der Waals surface area contributed by atoms with Crippen LogP contribution in [0.2, 0.25) is 0 Å². The number of aryl methyl sites for hydroxylation is 1. The minimum absolute atomic E-state index is 0.315. The number of anilines is 1. The zero-order chi connectivity index (χ0) is 15.0. The van der Waals surface area contributed by atoms with Crippen LogP contribution in [0.5, 0.6) is 0 Å². The highest BCUT2D eigenvalue weighted by atomic mass is 19.4. The standard InChI is InChI=1S/C17H16F3N/c1-2-11-7-8-15-12(9-11)10-16(21-15)13-5-3-4-6-14(13)17(18,19)20/h3-9,16,21H,2,10H2,1H3. The van der Waals surface area contributed by atoms with Gasteiger partial charge in [0.15, 0.2) is 0 Å². The van der Waals surface area contributed by atoms with E-state index in [0.29, 0.717) is 12.0 Å². The molecule has 1 aliphatic heterocycles. The highest BCUT2D eigenvalue weighted by Crippen LogP contribution is 2.40. The minimum atomic E-state index is -4.32. The first-order valence-corrected chi connectivity index (χ1v) is 7.03. The minimum Gasteiger partial charge on any atom is -0.378 e. The summed E-state index contributed by atoms with van der Waals surface area (Å²) in [6.45, 7) is 2.07. The van der Waals surface area contributed by atoms with Crippen LogP contribution < -0.4 is 5.32 Å². The van der Waals surface area contributed by atoms with Gasteiger partial charge in [0, 0.05) is 5.69 Å². The molecule has 0 bridgehead atoms. The summed E-state index contributed by atoms with van der Waals surface area (Å²) in [5.74, 6) is 0. The second kappa shape index (κ2) is 5.10. The summed E-state index contributed by atoms with van der Waals surface area (Å²) in [6.07, 6.45) is -2.80. The molecule has 110 valence electrons. The van der Waals surface area contributed by atoms with Crippen molar-refractivity contribution >= 4 is 5.69 Å². The Balaban J connectivity index is 1.95. The molecule has 0 saturated heterocycles. The van der Waals surface area contributed by atoms with Crippen LogP contribution in [0.1, 0.15) is 35.2 Å². The Bertz CT molecular complexity index is 661. The fourth-order valence-corrected chi connectivity index (χ4v) is 2.88. The Kier molecular flexibility index (Phi) is 3.40. The summed E-state index contributed by atoms with van der Waals surface area (Å²) < 4.78 is 39.4. The van der Waals surface area contributed by atoms with Gasteiger partial charge in [-0.2, -0.15) is 13.2 Å². The third-order valence-electron chi connectivity index (χ3n) is 3.97. The summed E-state index contributed by atoms with van der Waals surface area (Å²) in [6, 6.07) is 11.6. The molecule has 0 aromatic heterocycles. The van der Waals surface area contributed by atoms with Gasteiger partial charge in [0.25, 0.3) is 0 Å². The van der Waals surface area contributed by atoms with Crippen molar-refractivity contribution in [1.29, 1.82) is 0 Å². The first-order valence-electron chi connectivity index (χ1n) is 7.03. The molecular formula is C17H16F3N. The van der Waals surface area contributed by atoms with Gasteiger partial charge in [0.2, 0.25) is 0 Å². The maximum absolute atomic E-state index is 13.1. The van der Waals surface area contributed by atoms with Gasteiger partial charge in [-0.05, 0) is 41.7 Å². The van der Waals surface area contributed by atoms with Crippen molar-refractivity contribution in [3.8, 4) is 0 Å². The van der Waals surface area contributed by atoms with E-state index in [-0.39, 0.29) is 6.04 Å². The van der Waals surface area contributed by atoms with Gasteiger partial charge >= 0.3 is 6.18 Å². The molecule has 2 aromatic rings. The number of fused-ring (bicyclic) bond motifs is 1. The fraction of sp³-hybridized carbons (Fsp3) is 0.294. The van der Waals surface area contributed by atoms with E-state index in [0.717, 1.165) is 23.7 Å².